The summed E-state index contributed by atoms with van der Waals surface area (Å²) in [6, 6.07) is 5.11. The predicted octanol–water partition coefficient (Wildman–Crippen LogP) is 2.55. The Bertz CT molecular complexity index is 1080. The van der Waals surface area contributed by atoms with Crippen LogP contribution in [0.5, 0.6) is 0 Å². The fourth-order valence-corrected chi connectivity index (χ4v) is 4.55. The lowest BCUT2D eigenvalue weighted by Crippen LogP contribution is -2.36. The predicted molar refractivity (Wildman–Crippen MR) is 114 cm³/mol. The van der Waals surface area contributed by atoms with Crippen LogP contribution in [0.2, 0.25) is 0 Å². The first kappa shape index (κ1) is 19.7. The molecule has 2 atom stereocenters. The quantitative estimate of drug-likeness (QED) is 0.643. The molecule has 3 aromatic heterocycles. The summed E-state index contributed by atoms with van der Waals surface area (Å²) in [7, 11) is 0. The van der Waals surface area contributed by atoms with Gasteiger partial charge < -0.3 is 14.9 Å². The SMILES string of the molecule is CC1c2cnc(-c3ncccn3)nc2CCN1c1cc(N2CCCC2CO)cc(F)n1. The fourth-order valence-electron chi connectivity index (χ4n) is 4.55. The summed E-state index contributed by atoms with van der Waals surface area (Å²) < 4.78 is 14.5. The molecule has 160 valence electrons. The van der Waals surface area contributed by atoms with Crippen molar-refractivity contribution in [1.29, 1.82) is 0 Å². The minimum absolute atomic E-state index is 0.0289. The number of aliphatic hydroxyl groups excluding tert-OH is 1. The van der Waals surface area contributed by atoms with Crippen molar-refractivity contribution in [3.8, 4) is 11.6 Å². The van der Waals surface area contributed by atoms with Gasteiger partial charge in [0.1, 0.15) is 5.82 Å². The highest BCUT2D eigenvalue weighted by Gasteiger charge is 2.29. The van der Waals surface area contributed by atoms with E-state index in [1.807, 2.05) is 12.3 Å². The lowest BCUT2D eigenvalue weighted by Gasteiger charge is -2.36. The molecule has 5 heterocycles. The Morgan fingerprint density at radius 1 is 1.06 bits per heavy atom. The van der Waals surface area contributed by atoms with Gasteiger partial charge in [-0.2, -0.15) is 4.39 Å². The van der Waals surface area contributed by atoms with Crippen LogP contribution in [-0.4, -0.2) is 55.8 Å². The van der Waals surface area contributed by atoms with Gasteiger partial charge in [0.2, 0.25) is 5.95 Å². The van der Waals surface area contributed by atoms with Crippen molar-refractivity contribution in [2.75, 3.05) is 29.5 Å². The first-order valence-electron chi connectivity index (χ1n) is 10.6. The maximum atomic E-state index is 14.5. The first-order valence-corrected chi connectivity index (χ1v) is 10.6. The van der Waals surface area contributed by atoms with Crippen molar-refractivity contribution in [2.45, 2.75) is 38.3 Å². The van der Waals surface area contributed by atoms with E-state index >= 15 is 0 Å². The molecule has 0 aliphatic carbocycles. The number of hydrogen-bond donors (Lipinski definition) is 1. The average molecular weight is 421 g/mol. The Balaban J connectivity index is 1.44. The van der Waals surface area contributed by atoms with Crippen molar-refractivity contribution in [3.63, 3.8) is 0 Å². The third-order valence-corrected chi connectivity index (χ3v) is 6.15. The molecule has 5 rings (SSSR count). The first-order chi connectivity index (χ1) is 15.1. The molecule has 0 radical (unpaired) electrons. The molecule has 3 aromatic rings. The van der Waals surface area contributed by atoms with Crippen molar-refractivity contribution in [2.24, 2.45) is 0 Å². The normalized spacial score (nSPS) is 20.7. The van der Waals surface area contributed by atoms with Gasteiger partial charge in [-0.15, -0.1) is 0 Å². The molecule has 31 heavy (non-hydrogen) atoms. The zero-order valence-corrected chi connectivity index (χ0v) is 17.3. The van der Waals surface area contributed by atoms with Crippen LogP contribution in [0.15, 0.2) is 36.8 Å². The molecule has 8 nitrogen and oxygen atoms in total. The van der Waals surface area contributed by atoms with Gasteiger partial charge in [0.15, 0.2) is 11.6 Å². The smallest absolute Gasteiger partial charge is 0.216 e. The molecule has 2 aliphatic heterocycles. The van der Waals surface area contributed by atoms with E-state index in [9.17, 15) is 9.50 Å². The van der Waals surface area contributed by atoms with E-state index in [4.69, 9.17) is 0 Å². The third-order valence-electron chi connectivity index (χ3n) is 6.15. The maximum Gasteiger partial charge on any atom is 0.216 e. The number of fused-ring (bicyclic) bond motifs is 1. The van der Waals surface area contributed by atoms with Crippen molar-refractivity contribution in [1.82, 2.24) is 24.9 Å². The second kappa shape index (κ2) is 8.14. The Labute approximate surface area is 179 Å². The molecule has 2 aliphatic rings. The standard InChI is InChI=1S/C22H24FN7O/c1-14-17-12-26-22(21-24-6-3-7-25-21)27-18(17)5-9-29(14)20-11-16(10-19(23)28-20)30-8-2-4-15(30)13-31/h3,6-7,10-12,14-15,31H,2,4-5,8-9,13H2,1H3. The third kappa shape index (κ3) is 3.69. The highest BCUT2D eigenvalue weighted by Crippen LogP contribution is 2.35. The van der Waals surface area contributed by atoms with Crippen LogP contribution in [0.25, 0.3) is 11.6 Å². The monoisotopic (exact) mass is 421 g/mol. The summed E-state index contributed by atoms with van der Waals surface area (Å²) in [5, 5.41) is 9.66. The molecule has 9 heteroatoms. The van der Waals surface area contributed by atoms with Crippen LogP contribution in [0, 0.1) is 5.95 Å². The van der Waals surface area contributed by atoms with Crippen LogP contribution in [-0.2, 0) is 6.42 Å². The van der Waals surface area contributed by atoms with Gasteiger partial charge >= 0.3 is 0 Å². The molecule has 1 saturated heterocycles. The number of rotatable bonds is 4. The van der Waals surface area contributed by atoms with Gasteiger partial charge in [0.05, 0.1) is 24.4 Å². The molecule has 1 N–H and O–H groups in total. The van der Waals surface area contributed by atoms with Gasteiger partial charge in [-0.3, -0.25) is 0 Å². The van der Waals surface area contributed by atoms with Crippen molar-refractivity contribution >= 4 is 11.5 Å². The van der Waals surface area contributed by atoms with Gasteiger partial charge in [0.25, 0.3) is 0 Å². The summed E-state index contributed by atoms with van der Waals surface area (Å²) in [6.07, 6.45) is 7.75. The summed E-state index contributed by atoms with van der Waals surface area (Å²) in [6.45, 7) is 3.60. The minimum atomic E-state index is -0.512. The van der Waals surface area contributed by atoms with Crippen LogP contribution in [0.3, 0.4) is 0 Å². The molecule has 2 unspecified atom stereocenters. The summed E-state index contributed by atoms with van der Waals surface area (Å²) in [5.41, 5.74) is 2.72. The zero-order valence-electron chi connectivity index (χ0n) is 17.3. The highest BCUT2D eigenvalue weighted by molar-refractivity contribution is 5.58. The second-order valence-electron chi connectivity index (χ2n) is 7.97. The van der Waals surface area contributed by atoms with Crippen LogP contribution in [0.1, 0.15) is 37.1 Å². The molecule has 0 saturated carbocycles. The van der Waals surface area contributed by atoms with Crippen molar-refractivity contribution < 1.29 is 9.50 Å². The Morgan fingerprint density at radius 2 is 1.90 bits per heavy atom. The lowest BCUT2D eigenvalue weighted by molar-refractivity contribution is 0.266. The average Bonchev–Trinajstić information content (AvgIpc) is 3.28. The molecular formula is C22H24FN7O. The second-order valence-corrected chi connectivity index (χ2v) is 7.97. The number of halogens is 1. The van der Waals surface area contributed by atoms with Gasteiger partial charge in [-0.1, -0.05) is 0 Å². The van der Waals surface area contributed by atoms with E-state index in [0.717, 1.165) is 36.3 Å². The van der Waals surface area contributed by atoms with Gasteiger partial charge in [-0.25, -0.2) is 24.9 Å². The molecular weight excluding hydrogens is 397 g/mol. The minimum Gasteiger partial charge on any atom is -0.394 e. The number of pyridine rings is 1. The van der Waals surface area contributed by atoms with E-state index < -0.39 is 5.95 Å². The molecule has 0 spiro atoms. The van der Waals surface area contributed by atoms with Gasteiger partial charge in [-0.05, 0) is 25.8 Å². The Morgan fingerprint density at radius 3 is 2.71 bits per heavy atom. The van der Waals surface area contributed by atoms with E-state index in [-0.39, 0.29) is 18.7 Å². The van der Waals surface area contributed by atoms with E-state index in [2.05, 4.69) is 41.6 Å². The number of aromatic nitrogens is 5. The van der Waals surface area contributed by atoms with Crippen LogP contribution in [0.4, 0.5) is 15.9 Å². The van der Waals surface area contributed by atoms with Gasteiger partial charge in [0, 0.05) is 61.5 Å². The maximum absolute atomic E-state index is 14.5. The molecule has 1 fully saturated rings. The Kier molecular flexibility index (Phi) is 5.19. The number of nitrogens with zero attached hydrogens (tertiary/aromatic N) is 7. The van der Waals surface area contributed by atoms with Crippen LogP contribution >= 0.6 is 0 Å². The largest absolute Gasteiger partial charge is 0.394 e. The zero-order chi connectivity index (χ0) is 21.4. The van der Waals surface area contributed by atoms with E-state index in [1.165, 1.54) is 6.07 Å². The number of aliphatic hydroxyl groups is 1. The summed E-state index contributed by atoms with van der Waals surface area (Å²) >= 11 is 0. The van der Waals surface area contributed by atoms with Crippen LogP contribution < -0.4 is 9.80 Å². The Hall–Kier alpha value is -3.20. The van der Waals surface area contributed by atoms with E-state index in [1.54, 1.807) is 18.5 Å². The lowest BCUT2D eigenvalue weighted by atomic mass is 9.99. The van der Waals surface area contributed by atoms with Crippen molar-refractivity contribution in [3.05, 3.63) is 54.0 Å². The molecule has 0 bridgehead atoms. The summed E-state index contributed by atoms with van der Waals surface area (Å²) in [4.78, 5) is 25.9. The highest BCUT2D eigenvalue weighted by atomic mass is 19.1. The molecule has 0 aromatic carbocycles. The number of anilines is 2. The topological polar surface area (TPSA) is 91.2 Å². The fraction of sp³-hybridized carbons (Fsp3) is 0.409. The summed E-state index contributed by atoms with van der Waals surface area (Å²) in [5.74, 6) is 1.09. The van der Waals surface area contributed by atoms with E-state index in [0.29, 0.717) is 30.4 Å². The number of hydrogen-bond acceptors (Lipinski definition) is 8. The molecule has 0 amide bonds.